The summed E-state index contributed by atoms with van der Waals surface area (Å²) >= 11 is 1.60. The van der Waals surface area contributed by atoms with Crippen molar-refractivity contribution in [1.82, 2.24) is 19.2 Å². The van der Waals surface area contributed by atoms with Gasteiger partial charge in [-0.2, -0.15) is 5.26 Å². The van der Waals surface area contributed by atoms with E-state index in [9.17, 15) is 5.26 Å². The molecule has 0 atom stereocenters. The molecule has 4 heterocycles. The van der Waals surface area contributed by atoms with Gasteiger partial charge in [0.1, 0.15) is 6.07 Å². The van der Waals surface area contributed by atoms with Gasteiger partial charge in [-0.15, -0.1) is 10.2 Å². The maximum absolute atomic E-state index is 9.72. The van der Waals surface area contributed by atoms with Crippen LogP contribution < -0.4 is 4.90 Å². The predicted octanol–water partition coefficient (Wildman–Crippen LogP) is 3.83. The molecule has 156 valence electrons. The summed E-state index contributed by atoms with van der Waals surface area (Å²) in [5.74, 6) is 1.47. The first-order valence-electron chi connectivity index (χ1n) is 10.2. The first kappa shape index (κ1) is 19.7. The number of aryl methyl sites for hydroxylation is 1. The Labute approximate surface area is 184 Å². The molecule has 1 aliphatic heterocycles. The lowest BCUT2D eigenvalue weighted by atomic mass is 10.2. The lowest BCUT2D eigenvalue weighted by Crippen LogP contribution is -2.38. The molecule has 4 aromatic rings. The van der Waals surface area contributed by atoms with Crippen LogP contribution in [0.2, 0.25) is 0 Å². The van der Waals surface area contributed by atoms with Crippen LogP contribution >= 0.6 is 11.8 Å². The largest absolute Gasteiger partial charge is 0.378 e. The van der Waals surface area contributed by atoms with Gasteiger partial charge in [-0.1, -0.05) is 36.0 Å². The van der Waals surface area contributed by atoms with Gasteiger partial charge in [0.25, 0.3) is 0 Å². The van der Waals surface area contributed by atoms with E-state index < -0.39 is 0 Å². The molecule has 1 aromatic carbocycles. The zero-order chi connectivity index (χ0) is 21.2. The standard InChI is InChI=1S/C23H22N6OS/c1-17-6-2-3-7-20(17)29-22(27-10-12-30-13-11-27)25-26-23(29)31-16-18-15-28-9-5-4-8-21(28)19(18)14-24/h2-9,15H,10-13,16H2,1H3. The smallest absolute Gasteiger partial charge is 0.232 e. The summed E-state index contributed by atoms with van der Waals surface area (Å²) < 4.78 is 9.65. The minimum atomic E-state index is 0.637. The van der Waals surface area contributed by atoms with Crippen LogP contribution in [0.1, 0.15) is 16.7 Å². The van der Waals surface area contributed by atoms with Gasteiger partial charge in [-0.3, -0.25) is 4.57 Å². The third-order valence-electron chi connectivity index (χ3n) is 5.50. The zero-order valence-electron chi connectivity index (χ0n) is 17.2. The fourth-order valence-corrected chi connectivity index (χ4v) is 4.82. The highest BCUT2D eigenvalue weighted by atomic mass is 32.2. The van der Waals surface area contributed by atoms with Crippen LogP contribution in [0.25, 0.3) is 11.2 Å². The van der Waals surface area contributed by atoms with Crippen molar-refractivity contribution in [3.8, 4) is 11.8 Å². The molecule has 8 heteroatoms. The Hall–Kier alpha value is -3.28. The number of morpholine rings is 1. The van der Waals surface area contributed by atoms with E-state index in [1.54, 1.807) is 11.8 Å². The topological polar surface area (TPSA) is 71.4 Å². The van der Waals surface area contributed by atoms with Crippen LogP contribution in [0.4, 0.5) is 5.95 Å². The molecule has 0 N–H and O–H groups in total. The van der Waals surface area contributed by atoms with Crippen molar-refractivity contribution in [2.45, 2.75) is 17.8 Å². The van der Waals surface area contributed by atoms with Gasteiger partial charge in [0.15, 0.2) is 5.16 Å². The summed E-state index contributed by atoms with van der Waals surface area (Å²) in [5.41, 5.74) is 4.86. The molecule has 0 unspecified atom stereocenters. The maximum Gasteiger partial charge on any atom is 0.232 e. The molecule has 1 aliphatic rings. The number of pyridine rings is 1. The number of hydrogen-bond acceptors (Lipinski definition) is 6. The quantitative estimate of drug-likeness (QED) is 0.448. The van der Waals surface area contributed by atoms with E-state index in [1.165, 1.54) is 0 Å². The highest BCUT2D eigenvalue weighted by Gasteiger charge is 2.23. The number of benzene rings is 1. The lowest BCUT2D eigenvalue weighted by molar-refractivity contribution is 0.122. The number of rotatable bonds is 5. The van der Waals surface area contributed by atoms with Gasteiger partial charge in [-0.05, 0) is 36.2 Å². The van der Waals surface area contributed by atoms with Crippen molar-refractivity contribution in [2.24, 2.45) is 0 Å². The molecule has 31 heavy (non-hydrogen) atoms. The summed E-state index contributed by atoms with van der Waals surface area (Å²) in [5, 5.41) is 19.6. The van der Waals surface area contributed by atoms with Gasteiger partial charge in [0.05, 0.1) is 30.0 Å². The van der Waals surface area contributed by atoms with E-state index >= 15 is 0 Å². The lowest BCUT2D eigenvalue weighted by Gasteiger charge is -2.28. The van der Waals surface area contributed by atoms with Gasteiger partial charge in [0, 0.05) is 31.2 Å². The van der Waals surface area contributed by atoms with Crippen molar-refractivity contribution < 1.29 is 4.74 Å². The molecule has 1 fully saturated rings. The summed E-state index contributed by atoms with van der Waals surface area (Å²) in [6, 6.07) is 16.5. The number of nitriles is 1. The number of nitrogens with zero attached hydrogens (tertiary/aromatic N) is 6. The van der Waals surface area contributed by atoms with E-state index in [2.05, 4.69) is 44.8 Å². The molecule has 0 aliphatic carbocycles. The number of thioether (sulfide) groups is 1. The van der Waals surface area contributed by atoms with Gasteiger partial charge in [0.2, 0.25) is 5.95 Å². The average molecular weight is 431 g/mol. The van der Waals surface area contributed by atoms with Crippen LogP contribution in [0.5, 0.6) is 0 Å². The van der Waals surface area contributed by atoms with E-state index in [0.717, 1.165) is 46.5 Å². The van der Waals surface area contributed by atoms with E-state index in [-0.39, 0.29) is 0 Å². The summed E-state index contributed by atoms with van der Waals surface area (Å²) in [4.78, 5) is 2.22. The van der Waals surface area contributed by atoms with Crippen LogP contribution in [0.15, 0.2) is 60.0 Å². The van der Waals surface area contributed by atoms with E-state index in [0.29, 0.717) is 24.5 Å². The van der Waals surface area contributed by atoms with Crippen LogP contribution in [-0.4, -0.2) is 45.5 Å². The molecule has 0 radical (unpaired) electrons. The maximum atomic E-state index is 9.72. The number of para-hydroxylation sites is 1. The Morgan fingerprint density at radius 1 is 1.10 bits per heavy atom. The summed E-state index contributed by atoms with van der Waals surface area (Å²) in [7, 11) is 0. The molecule has 5 rings (SSSR count). The van der Waals surface area contributed by atoms with E-state index in [4.69, 9.17) is 4.74 Å². The van der Waals surface area contributed by atoms with Crippen LogP contribution in [0.3, 0.4) is 0 Å². The Balaban J connectivity index is 1.52. The molecular weight excluding hydrogens is 408 g/mol. The fourth-order valence-electron chi connectivity index (χ4n) is 3.91. The second-order valence-corrected chi connectivity index (χ2v) is 8.37. The molecule has 7 nitrogen and oxygen atoms in total. The number of fused-ring (bicyclic) bond motifs is 1. The molecular formula is C23H22N6OS. The van der Waals surface area contributed by atoms with E-state index in [1.807, 2.05) is 47.1 Å². The summed E-state index contributed by atoms with van der Waals surface area (Å²) in [6.07, 6.45) is 3.99. The molecule has 1 saturated heterocycles. The SMILES string of the molecule is Cc1ccccc1-n1c(SCc2cn3ccccc3c2C#N)nnc1N1CCOCC1. The molecule has 0 spiro atoms. The minimum absolute atomic E-state index is 0.637. The van der Waals surface area contributed by atoms with Crippen LogP contribution in [0, 0.1) is 18.3 Å². The van der Waals surface area contributed by atoms with Crippen molar-refractivity contribution in [2.75, 3.05) is 31.2 Å². The monoisotopic (exact) mass is 430 g/mol. The Morgan fingerprint density at radius 2 is 1.90 bits per heavy atom. The van der Waals surface area contributed by atoms with Crippen molar-refractivity contribution in [3.63, 3.8) is 0 Å². The molecule has 0 saturated carbocycles. The first-order chi connectivity index (χ1) is 15.3. The molecule has 0 bridgehead atoms. The Kier molecular flexibility index (Phi) is 5.37. The normalized spacial score (nSPS) is 14.1. The highest BCUT2D eigenvalue weighted by Crippen LogP contribution is 2.32. The van der Waals surface area contributed by atoms with Gasteiger partial charge >= 0.3 is 0 Å². The molecule has 3 aromatic heterocycles. The predicted molar refractivity (Wildman–Crippen MR) is 121 cm³/mol. The third kappa shape index (κ3) is 3.67. The fraction of sp³-hybridized carbons (Fsp3) is 0.261. The number of aromatic nitrogens is 4. The van der Waals surface area contributed by atoms with Gasteiger partial charge < -0.3 is 14.0 Å². The second-order valence-electron chi connectivity index (χ2n) is 7.43. The second kappa shape index (κ2) is 8.46. The van der Waals surface area contributed by atoms with Crippen molar-refractivity contribution in [3.05, 3.63) is 71.5 Å². The Morgan fingerprint density at radius 3 is 2.71 bits per heavy atom. The van der Waals surface area contributed by atoms with Crippen LogP contribution in [-0.2, 0) is 10.5 Å². The van der Waals surface area contributed by atoms with Gasteiger partial charge in [-0.25, -0.2) is 0 Å². The number of hydrogen-bond donors (Lipinski definition) is 0. The number of anilines is 1. The highest BCUT2D eigenvalue weighted by molar-refractivity contribution is 7.98. The van der Waals surface area contributed by atoms with Crippen molar-refractivity contribution >= 4 is 23.2 Å². The molecule has 0 amide bonds. The summed E-state index contributed by atoms with van der Waals surface area (Å²) in [6.45, 7) is 5.05. The minimum Gasteiger partial charge on any atom is -0.378 e. The third-order valence-corrected chi connectivity index (χ3v) is 6.48. The first-order valence-corrected chi connectivity index (χ1v) is 11.2. The Bertz CT molecular complexity index is 1260. The zero-order valence-corrected chi connectivity index (χ0v) is 18.0. The van der Waals surface area contributed by atoms with Crippen molar-refractivity contribution in [1.29, 1.82) is 5.26 Å². The number of ether oxygens (including phenoxy) is 1. The average Bonchev–Trinajstić information content (AvgIpc) is 3.39.